The zero-order valence-corrected chi connectivity index (χ0v) is 15.9. The number of carbonyl (C=O) groups is 1. The minimum absolute atomic E-state index is 0.00957. The average Bonchev–Trinajstić information content (AvgIpc) is 2.90. The van der Waals surface area contributed by atoms with Gasteiger partial charge < -0.3 is 25.0 Å². The van der Waals surface area contributed by atoms with Crippen LogP contribution in [0.1, 0.15) is 52.0 Å². The summed E-state index contributed by atoms with van der Waals surface area (Å²) in [5, 5.41) is 22.7. The average molecular weight is 365 g/mol. The SMILES string of the molecule is CC(CCC1CC(O)C(OC(C)(C)O)C1)NC(=O)OCc1ccccc1. The van der Waals surface area contributed by atoms with E-state index in [1.807, 2.05) is 37.3 Å². The van der Waals surface area contributed by atoms with Gasteiger partial charge in [0, 0.05) is 6.04 Å². The van der Waals surface area contributed by atoms with E-state index in [-0.39, 0.29) is 18.8 Å². The molecule has 6 nitrogen and oxygen atoms in total. The number of amides is 1. The van der Waals surface area contributed by atoms with Gasteiger partial charge in [-0.1, -0.05) is 30.3 Å². The fourth-order valence-corrected chi connectivity index (χ4v) is 3.33. The Balaban J connectivity index is 1.65. The van der Waals surface area contributed by atoms with E-state index in [0.29, 0.717) is 12.3 Å². The van der Waals surface area contributed by atoms with Crippen LogP contribution in [-0.2, 0) is 16.1 Å². The lowest BCUT2D eigenvalue weighted by Gasteiger charge is -2.25. The van der Waals surface area contributed by atoms with Gasteiger partial charge in [-0.25, -0.2) is 4.79 Å². The van der Waals surface area contributed by atoms with Crippen LogP contribution in [-0.4, -0.2) is 40.3 Å². The summed E-state index contributed by atoms with van der Waals surface area (Å²) in [4.78, 5) is 11.9. The summed E-state index contributed by atoms with van der Waals surface area (Å²) in [5.41, 5.74) is 0.952. The first kappa shape index (κ1) is 20.7. The maximum Gasteiger partial charge on any atom is 0.407 e. The molecule has 4 unspecified atom stereocenters. The Morgan fingerprint density at radius 2 is 2.00 bits per heavy atom. The van der Waals surface area contributed by atoms with Gasteiger partial charge in [0.25, 0.3) is 0 Å². The fourth-order valence-electron chi connectivity index (χ4n) is 3.33. The zero-order chi connectivity index (χ0) is 19.2. The summed E-state index contributed by atoms with van der Waals surface area (Å²) in [6, 6.07) is 9.55. The highest BCUT2D eigenvalue weighted by atomic mass is 16.6. The van der Waals surface area contributed by atoms with E-state index >= 15 is 0 Å². The van der Waals surface area contributed by atoms with Crippen LogP contribution >= 0.6 is 0 Å². The normalized spacial score (nSPS) is 24.3. The predicted octanol–water partition coefficient (Wildman–Crippen LogP) is 2.97. The van der Waals surface area contributed by atoms with Gasteiger partial charge in [0.05, 0.1) is 12.2 Å². The molecule has 0 radical (unpaired) electrons. The zero-order valence-electron chi connectivity index (χ0n) is 15.9. The number of alkyl carbamates (subject to hydrolysis) is 1. The summed E-state index contributed by atoms with van der Waals surface area (Å²) in [6.07, 6.45) is 1.75. The topological polar surface area (TPSA) is 88.0 Å². The Bertz CT molecular complexity index is 557. The molecule has 1 amide bonds. The Hall–Kier alpha value is -1.63. The highest BCUT2D eigenvalue weighted by Crippen LogP contribution is 2.33. The van der Waals surface area contributed by atoms with Crippen LogP contribution in [0.25, 0.3) is 0 Å². The molecule has 0 spiro atoms. The van der Waals surface area contributed by atoms with E-state index in [0.717, 1.165) is 24.8 Å². The minimum Gasteiger partial charge on any atom is -0.445 e. The number of benzene rings is 1. The second-order valence-electron chi connectivity index (χ2n) is 7.69. The molecule has 1 saturated carbocycles. The lowest BCUT2D eigenvalue weighted by Crippen LogP contribution is -2.34. The third-order valence-corrected chi connectivity index (χ3v) is 4.59. The molecule has 1 aliphatic rings. The van der Waals surface area contributed by atoms with Gasteiger partial charge in [-0.2, -0.15) is 0 Å². The van der Waals surface area contributed by atoms with Gasteiger partial charge in [-0.3, -0.25) is 0 Å². The molecule has 1 aliphatic carbocycles. The lowest BCUT2D eigenvalue weighted by atomic mass is 9.99. The van der Waals surface area contributed by atoms with E-state index in [1.54, 1.807) is 13.8 Å². The fraction of sp³-hybridized carbons (Fsp3) is 0.650. The van der Waals surface area contributed by atoms with Crippen molar-refractivity contribution in [1.29, 1.82) is 0 Å². The first-order valence-corrected chi connectivity index (χ1v) is 9.28. The van der Waals surface area contributed by atoms with Crippen LogP contribution in [0.4, 0.5) is 4.79 Å². The van der Waals surface area contributed by atoms with E-state index in [2.05, 4.69) is 5.32 Å². The van der Waals surface area contributed by atoms with Gasteiger partial charge in [0.15, 0.2) is 5.79 Å². The maximum atomic E-state index is 11.9. The standard InChI is InChI=1S/C20H31NO5/c1-14(21-19(23)25-13-15-7-5-4-6-8-15)9-10-16-11-17(22)18(12-16)26-20(2,3)24/h4-8,14,16-18,22,24H,9-13H2,1-3H3,(H,21,23). The molecule has 2 rings (SSSR count). The molecule has 1 aromatic rings. The predicted molar refractivity (Wildman–Crippen MR) is 98.4 cm³/mol. The van der Waals surface area contributed by atoms with E-state index < -0.39 is 18.0 Å². The van der Waals surface area contributed by atoms with Gasteiger partial charge in [-0.15, -0.1) is 0 Å². The monoisotopic (exact) mass is 365 g/mol. The van der Waals surface area contributed by atoms with Crippen molar-refractivity contribution in [1.82, 2.24) is 5.32 Å². The molecule has 1 aromatic carbocycles. The summed E-state index contributed by atoms with van der Waals surface area (Å²) >= 11 is 0. The number of aliphatic hydroxyl groups is 2. The van der Waals surface area contributed by atoms with E-state index in [9.17, 15) is 15.0 Å². The molecule has 6 heteroatoms. The number of ether oxygens (including phenoxy) is 2. The number of hydrogen-bond acceptors (Lipinski definition) is 5. The van der Waals surface area contributed by atoms with Crippen LogP contribution in [0.15, 0.2) is 30.3 Å². The summed E-state index contributed by atoms with van der Waals surface area (Å²) in [6.45, 7) is 5.34. The molecule has 146 valence electrons. The highest BCUT2D eigenvalue weighted by molar-refractivity contribution is 5.67. The highest BCUT2D eigenvalue weighted by Gasteiger charge is 2.36. The van der Waals surface area contributed by atoms with Crippen LogP contribution in [0.2, 0.25) is 0 Å². The van der Waals surface area contributed by atoms with Crippen LogP contribution in [0, 0.1) is 5.92 Å². The van der Waals surface area contributed by atoms with Crippen molar-refractivity contribution in [2.75, 3.05) is 0 Å². The molecule has 0 aromatic heterocycles. The van der Waals surface area contributed by atoms with E-state index in [1.165, 1.54) is 0 Å². The van der Waals surface area contributed by atoms with Crippen LogP contribution in [0.5, 0.6) is 0 Å². The lowest BCUT2D eigenvalue weighted by molar-refractivity contribution is -0.219. The molecule has 1 fully saturated rings. The third kappa shape index (κ3) is 7.32. The summed E-state index contributed by atoms with van der Waals surface area (Å²) in [5.74, 6) is -0.917. The Morgan fingerprint density at radius 1 is 1.31 bits per heavy atom. The molecular weight excluding hydrogens is 334 g/mol. The number of aliphatic hydroxyl groups excluding tert-OH is 1. The van der Waals surface area contributed by atoms with Crippen LogP contribution in [0.3, 0.4) is 0 Å². The Morgan fingerprint density at radius 3 is 2.65 bits per heavy atom. The van der Waals surface area contributed by atoms with Gasteiger partial charge in [0.1, 0.15) is 6.61 Å². The molecule has 0 aliphatic heterocycles. The summed E-state index contributed by atoms with van der Waals surface area (Å²) < 4.78 is 10.7. The van der Waals surface area contributed by atoms with Crippen molar-refractivity contribution in [3.05, 3.63) is 35.9 Å². The van der Waals surface area contributed by atoms with Gasteiger partial charge in [0.2, 0.25) is 0 Å². The smallest absolute Gasteiger partial charge is 0.407 e. The second-order valence-corrected chi connectivity index (χ2v) is 7.69. The second kappa shape index (κ2) is 9.35. The van der Waals surface area contributed by atoms with E-state index in [4.69, 9.17) is 9.47 Å². The Labute approximate surface area is 155 Å². The quantitative estimate of drug-likeness (QED) is 0.617. The summed E-state index contributed by atoms with van der Waals surface area (Å²) in [7, 11) is 0. The third-order valence-electron chi connectivity index (χ3n) is 4.59. The number of rotatable bonds is 8. The van der Waals surface area contributed by atoms with Gasteiger partial charge in [-0.05, 0) is 57.9 Å². The minimum atomic E-state index is -1.24. The number of carbonyl (C=O) groups excluding carboxylic acids is 1. The van der Waals surface area contributed by atoms with Crippen molar-refractivity contribution in [2.45, 2.75) is 77.1 Å². The van der Waals surface area contributed by atoms with Crippen molar-refractivity contribution >= 4 is 6.09 Å². The first-order valence-electron chi connectivity index (χ1n) is 9.28. The molecule has 0 bridgehead atoms. The molecule has 0 heterocycles. The van der Waals surface area contributed by atoms with Crippen LogP contribution < -0.4 is 5.32 Å². The molecule has 4 atom stereocenters. The molecule has 26 heavy (non-hydrogen) atoms. The van der Waals surface area contributed by atoms with Crippen molar-refractivity contribution in [2.24, 2.45) is 5.92 Å². The molecule has 0 saturated heterocycles. The Kier molecular flexibility index (Phi) is 7.43. The maximum absolute atomic E-state index is 11.9. The number of nitrogens with one attached hydrogen (secondary N) is 1. The number of hydrogen-bond donors (Lipinski definition) is 3. The first-order chi connectivity index (χ1) is 12.2. The van der Waals surface area contributed by atoms with Crippen molar-refractivity contribution in [3.63, 3.8) is 0 Å². The molecular formula is C20H31NO5. The molecule has 3 N–H and O–H groups in total. The van der Waals surface area contributed by atoms with Gasteiger partial charge >= 0.3 is 6.09 Å². The van der Waals surface area contributed by atoms with Crippen molar-refractivity contribution in [3.8, 4) is 0 Å². The van der Waals surface area contributed by atoms with Crippen molar-refractivity contribution < 1.29 is 24.5 Å². The largest absolute Gasteiger partial charge is 0.445 e.